The van der Waals surface area contributed by atoms with Gasteiger partial charge in [0.2, 0.25) is 0 Å². The third kappa shape index (κ3) is 3.73. The average molecular weight is 639 g/mol. The fourth-order valence-electron chi connectivity index (χ4n) is 4.78. The average Bonchev–Trinajstić information content (AvgIpc) is 3.17. The quantitative estimate of drug-likeness (QED) is 0.216. The molecule has 0 aliphatic rings. The first-order valence-electron chi connectivity index (χ1n) is 11.8. The molecule has 0 fully saturated rings. The van der Waals surface area contributed by atoms with Crippen molar-refractivity contribution in [1.82, 2.24) is 14.5 Å². The molecule has 176 valence electrons. The Hall–Kier alpha value is -3.49. The predicted octanol–water partition coefficient (Wildman–Crippen LogP) is 6.86. The number of phenolic OH excluding ortho intramolecular Hbond substituents is 1. The number of para-hydroxylation sites is 1. The van der Waals surface area contributed by atoms with E-state index in [9.17, 15) is 5.11 Å². The molecule has 4 nitrogen and oxygen atoms in total. The van der Waals surface area contributed by atoms with Crippen LogP contribution in [0.5, 0.6) is 5.75 Å². The molecular formula is C30H24N3OPt-. The van der Waals surface area contributed by atoms with E-state index >= 15 is 0 Å². The molecule has 0 bridgehead atoms. The van der Waals surface area contributed by atoms with Gasteiger partial charge in [0.15, 0.2) is 0 Å². The first-order chi connectivity index (χ1) is 16.8. The molecule has 0 saturated heterocycles. The van der Waals surface area contributed by atoms with Crippen molar-refractivity contribution in [3.8, 4) is 11.6 Å². The third-order valence-electron chi connectivity index (χ3n) is 6.63. The van der Waals surface area contributed by atoms with Crippen LogP contribution in [0.25, 0.3) is 38.5 Å². The first kappa shape index (κ1) is 22.0. The van der Waals surface area contributed by atoms with E-state index in [1.165, 1.54) is 0 Å². The molecule has 0 saturated carbocycles. The van der Waals surface area contributed by atoms with Crippen molar-refractivity contribution in [2.24, 2.45) is 0 Å². The number of rotatable bonds is 3. The number of fused-ring (bicyclic) bond motifs is 4. The summed E-state index contributed by atoms with van der Waals surface area (Å²) in [5, 5.41) is 13.6. The maximum atomic E-state index is 10.5. The SMILES string of the molecule is [2H]c1ccnc(-n2c3[c-]c(C(C)(C)c4ccc5cc(C)cc(O)c5n4)ccc3c3ccccc32)c1.[Pt]. The van der Waals surface area contributed by atoms with Crippen molar-refractivity contribution in [2.75, 3.05) is 0 Å². The van der Waals surface area contributed by atoms with Crippen molar-refractivity contribution >= 4 is 32.7 Å². The topological polar surface area (TPSA) is 50.9 Å². The third-order valence-corrected chi connectivity index (χ3v) is 6.63. The number of benzene rings is 3. The zero-order chi connectivity index (χ0) is 24.3. The summed E-state index contributed by atoms with van der Waals surface area (Å²) in [6.07, 6.45) is 1.67. The Labute approximate surface area is 219 Å². The number of hydrogen-bond donors (Lipinski definition) is 1. The molecule has 6 aromatic rings. The van der Waals surface area contributed by atoms with Crippen LogP contribution in [0.15, 0.2) is 85.0 Å². The summed E-state index contributed by atoms with van der Waals surface area (Å²) in [4.78, 5) is 9.43. The van der Waals surface area contributed by atoms with Crippen LogP contribution in [0, 0.1) is 13.0 Å². The van der Waals surface area contributed by atoms with E-state index in [1.54, 1.807) is 24.4 Å². The summed E-state index contributed by atoms with van der Waals surface area (Å²) in [5.74, 6) is 0.887. The van der Waals surface area contributed by atoms with Crippen LogP contribution in [0.4, 0.5) is 0 Å². The van der Waals surface area contributed by atoms with Crippen molar-refractivity contribution < 1.29 is 27.5 Å². The zero-order valence-electron chi connectivity index (χ0n) is 20.6. The van der Waals surface area contributed by atoms with Crippen LogP contribution in [0.3, 0.4) is 0 Å². The van der Waals surface area contributed by atoms with E-state index in [0.717, 1.165) is 44.0 Å². The number of aryl methyl sites for hydroxylation is 1. The van der Waals surface area contributed by atoms with Crippen LogP contribution in [-0.2, 0) is 26.5 Å². The fourth-order valence-corrected chi connectivity index (χ4v) is 4.78. The smallest absolute Gasteiger partial charge is 0.142 e. The van der Waals surface area contributed by atoms with Crippen molar-refractivity contribution in [1.29, 1.82) is 0 Å². The van der Waals surface area contributed by atoms with E-state index in [4.69, 9.17) is 6.35 Å². The zero-order valence-corrected chi connectivity index (χ0v) is 21.9. The number of aromatic nitrogens is 3. The summed E-state index contributed by atoms with van der Waals surface area (Å²) < 4.78 is 10.2. The summed E-state index contributed by atoms with van der Waals surface area (Å²) in [6.45, 7) is 6.21. The van der Waals surface area contributed by atoms with Gasteiger partial charge in [0.05, 0.1) is 1.37 Å². The molecule has 0 amide bonds. The number of pyridine rings is 2. The van der Waals surface area contributed by atoms with Gasteiger partial charge in [-0.25, -0.2) is 9.97 Å². The summed E-state index contributed by atoms with van der Waals surface area (Å²) in [6, 6.07) is 27.8. The summed E-state index contributed by atoms with van der Waals surface area (Å²) in [7, 11) is 0. The molecule has 0 radical (unpaired) electrons. The van der Waals surface area contributed by atoms with Gasteiger partial charge in [-0.05, 0) is 54.3 Å². The largest absolute Gasteiger partial charge is 0.506 e. The Kier molecular flexibility index (Phi) is 5.42. The van der Waals surface area contributed by atoms with Gasteiger partial charge in [-0.15, -0.1) is 10.9 Å². The molecule has 35 heavy (non-hydrogen) atoms. The van der Waals surface area contributed by atoms with E-state index < -0.39 is 5.41 Å². The van der Waals surface area contributed by atoms with E-state index in [1.807, 2.05) is 37.3 Å². The Balaban J connectivity index is 0.00000267. The second kappa shape index (κ2) is 8.62. The molecule has 3 aromatic carbocycles. The molecule has 5 heteroatoms. The predicted molar refractivity (Wildman–Crippen MR) is 138 cm³/mol. The van der Waals surface area contributed by atoms with Gasteiger partial charge in [-0.3, -0.25) is 0 Å². The van der Waals surface area contributed by atoms with Crippen LogP contribution in [0.1, 0.15) is 32.0 Å². The minimum atomic E-state index is -0.467. The number of nitrogens with zero attached hydrogens (tertiary/aromatic N) is 3. The van der Waals surface area contributed by atoms with Gasteiger partial charge in [-0.2, -0.15) is 18.2 Å². The van der Waals surface area contributed by atoms with Crippen LogP contribution in [-0.4, -0.2) is 19.6 Å². The molecule has 0 spiro atoms. The standard InChI is InChI=1S/C30H24N3O.Pt/c1-19-16-20-11-14-27(32-29(20)26(34)17-19)30(2,3)21-12-13-23-22-8-4-5-9-24(22)33(25(23)18-21)28-10-6-7-15-31-28;/h4-17,34H,1-3H3;/q-1;/i6D;. The van der Waals surface area contributed by atoms with Gasteiger partial charge < -0.3 is 9.67 Å². The van der Waals surface area contributed by atoms with Gasteiger partial charge in [0.1, 0.15) is 17.1 Å². The maximum absolute atomic E-state index is 10.5. The molecule has 0 aliphatic carbocycles. The molecule has 3 heterocycles. The summed E-state index contributed by atoms with van der Waals surface area (Å²) in [5.41, 5.74) is 4.91. The number of hydrogen-bond acceptors (Lipinski definition) is 3. The minimum absolute atomic E-state index is 0. The van der Waals surface area contributed by atoms with E-state index in [-0.39, 0.29) is 26.8 Å². The van der Waals surface area contributed by atoms with Crippen LogP contribution >= 0.6 is 0 Å². The normalized spacial score (nSPS) is 12.1. The van der Waals surface area contributed by atoms with Gasteiger partial charge >= 0.3 is 0 Å². The molecule has 0 unspecified atom stereocenters. The Bertz CT molecular complexity index is 1770. The second-order valence-corrected chi connectivity index (χ2v) is 9.28. The van der Waals surface area contributed by atoms with Gasteiger partial charge in [0.25, 0.3) is 0 Å². The van der Waals surface area contributed by atoms with Crippen molar-refractivity contribution in [2.45, 2.75) is 26.2 Å². The Morgan fingerprint density at radius 2 is 1.80 bits per heavy atom. The van der Waals surface area contributed by atoms with E-state index in [0.29, 0.717) is 17.4 Å². The fraction of sp³-hybridized carbons (Fsp3) is 0.133. The number of aromatic hydroxyl groups is 1. The first-order valence-corrected chi connectivity index (χ1v) is 11.3. The maximum Gasteiger partial charge on any atom is 0.142 e. The molecule has 0 atom stereocenters. The van der Waals surface area contributed by atoms with Gasteiger partial charge in [0, 0.05) is 49.3 Å². The molecule has 0 aliphatic heterocycles. The Morgan fingerprint density at radius 3 is 2.63 bits per heavy atom. The summed E-state index contributed by atoms with van der Waals surface area (Å²) >= 11 is 0. The van der Waals surface area contributed by atoms with E-state index in [2.05, 4.69) is 53.7 Å². The van der Waals surface area contributed by atoms with Crippen LogP contribution < -0.4 is 0 Å². The van der Waals surface area contributed by atoms with Crippen molar-refractivity contribution in [3.63, 3.8) is 0 Å². The Morgan fingerprint density at radius 1 is 0.971 bits per heavy atom. The molecule has 3 aromatic heterocycles. The van der Waals surface area contributed by atoms with Crippen molar-refractivity contribution in [3.05, 3.63) is 108 Å². The molecular weight excluding hydrogens is 613 g/mol. The minimum Gasteiger partial charge on any atom is -0.506 e. The molecule has 6 rings (SSSR count). The van der Waals surface area contributed by atoms with Gasteiger partial charge in [-0.1, -0.05) is 49.7 Å². The number of phenols is 1. The monoisotopic (exact) mass is 638 g/mol. The molecule has 1 N–H and O–H groups in total. The van der Waals surface area contributed by atoms with Crippen LogP contribution in [0.2, 0.25) is 0 Å². The second-order valence-electron chi connectivity index (χ2n) is 9.28.